The van der Waals surface area contributed by atoms with E-state index in [-0.39, 0.29) is 29.8 Å². The van der Waals surface area contributed by atoms with Crippen LogP contribution in [0.3, 0.4) is 0 Å². The summed E-state index contributed by atoms with van der Waals surface area (Å²) >= 11 is 0. The molecule has 1 heterocycles. The van der Waals surface area contributed by atoms with Crippen molar-refractivity contribution in [2.75, 3.05) is 14.2 Å². The predicted octanol–water partition coefficient (Wildman–Crippen LogP) is 4.25. The van der Waals surface area contributed by atoms with E-state index in [1.807, 2.05) is 24.3 Å². The third kappa shape index (κ3) is 7.28. The first-order chi connectivity index (χ1) is 14.6. The van der Waals surface area contributed by atoms with Crippen LogP contribution in [0.2, 0.25) is 0 Å². The van der Waals surface area contributed by atoms with Gasteiger partial charge in [0.1, 0.15) is 11.6 Å². The SMILES string of the molecule is COc1ccc(CNC(N)=NCc2ccc(Oc3cccc(F)c3)nc2)cc1OC.I. The normalized spacial score (nSPS) is 10.7. The maximum Gasteiger partial charge on any atom is 0.219 e. The summed E-state index contributed by atoms with van der Waals surface area (Å²) in [6, 6.07) is 15.0. The van der Waals surface area contributed by atoms with E-state index in [0.29, 0.717) is 42.2 Å². The molecule has 1 aromatic heterocycles. The van der Waals surface area contributed by atoms with Crippen LogP contribution in [0, 0.1) is 5.82 Å². The highest BCUT2D eigenvalue weighted by molar-refractivity contribution is 14.0. The molecule has 0 atom stereocenters. The van der Waals surface area contributed by atoms with Crippen molar-refractivity contribution in [1.82, 2.24) is 10.3 Å². The van der Waals surface area contributed by atoms with Crippen molar-refractivity contribution in [3.05, 3.63) is 77.7 Å². The molecule has 0 saturated carbocycles. The van der Waals surface area contributed by atoms with Crippen molar-refractivity contribution >= 4 is 29.9 Å². The molecule has 0 unspecified atom stereocenters. The molecule has 3 N–H and O–H groups in total. The number of aromatic nitrogens is 1. The van der Waals surface area contributed by atoms with Gasteiger partial charge in [0.2, 0.25) is 5.88 Å². The largest absolute Gasteiger partial charge is 0.493 e. The number of nitrogens with two attached hydrogens (primary N) is 1. The first kappa shape index (κ1) is 24.2. The van der Waals surface area contributed by atoms with Gasteiger partial charge in [-0.15, -0.1) is 24.0 Å². The Labute approximate surface area is 197 Å². The Morgan fingerprint density at radius 2 is 1.81 bits per heavy atom. The van der Waals surface area contributed by atoms with Crippen LogP contribution in [-0.4, -0.2) is 25.2 Å². The summed E-state index contributed by atoms with van der Waals surface area (Å²) in [7, 11) is 3.18. The van der Waals surface area contributed by atoms with Gasteiger partial charge in [0.25, 0.3) is 0 Å². The van der Waals surface area contributed by atoms with Crippen LogP contribution in [0.4, 0.5) is 4.39 Å². The lowest BCUT2D eigenvalue weighted by molar-refractivity contribution is 0.354. The molecule has 31 heavy (non-hydrogen) atoms. The van der Waals surface area contributed by atoms with Gasteiger partial charge in [0.15, 0.2) is 17.5 Å². The molecule has 0 saturated heterocycles. The van der Waals surface area contributed by atoms with E-state index < -0.39 is 0 Å². The highest BCUT2D eigenvalue weighted by Gasteiger charge is 2.05. The lowest BCUT2D eigenvalue weighted by atomic mass is 10.2. The highest BCUT2D eigenvalue weighted by Crippen LogP contribution is 2.27. The topological polar surface area (TPSA) is 91.0 Å². The van der Waals surface area contributed by atoms with E-state index in [1.165, 1.54) is 12.1 Å². The summed E-state index contributed by atoms with van der Waals surface area (Å²) in [4.78, 5) is 8.52. The van der Waals surface area contributed by atoms with Crippen LogP contribution in [0.25, 0.3) is 0 Å². The summed E-state index contributed by atoms with van der Waals surface area (Å²) in [6.45, 7) is 0.854. The van der Waals surface area contributed by atoms with Crippen LogP contribution in [0.1, 0.15) is 11.1 Å². The fourth-order valence-corrected chi connectivity index (χ4v) is 2.63. The molecule has 0 aliphatic carbocycles. The number of halogens is 2. The molecule has 9 heteroatoms. The molecule has 0 aliphatic rings. The Hall–Kier alpha value is -3.08. The van der Waals surface area contributed by atoms with Crippen molar-refractivity contribution in [2.45, 2.75) is 13.1 Å². The number of guanidine groups is 1. The van der Waals surface area contributed by atoms with Gasteiger partial charge in [0.05, 0.1) is 20.8 Å². The van der Waals surface area contributed by atoms with Crippen LogP contribution >= 0.6 is 24.0 Å². The van der Waals surface area contributed by atoms with Gasteiger partial charge < -0.3 is 25.3 Å². The molecular formula is C22H24FIN4O3. The van der Waals surface area contributed by atoms with Gasteiger partial charge in [0, 0.05) is 24.9 Å². The van der Waals surface area contributed by atoms with E-state index in [0.717, 1.165) is 11.1 Å². The minimum absolute atomic E-state index is 0. The molecule has 164 valence electrons. The summed E-state index contributed by atoms with van der Waals surface area (Å²) in [6.07, 6.45) is 1.64. The molecule has 0 fully saturated rings. The summed E-state index contributed by atoms with van der Waals surface area (Å²) in [5.74, 6) is 2.02. The van der Waals surface area contributed by atoms with E-state index in [1.54, 1.807) is 38.6 Å². The van der Waals surface area contributed by atoms with Crippen LogP contribution in [-0.2, 0) is 13.1 Å². The average Bonchev–Trinajstić information content (AvgIpc) is 2.77. The zero-order chi connectivity index (χ0) is 21.3. The third-order valence-electron chi connectivity index (χ3n) is 4.17. The highest BCUT2D eigenvalue weighted by atomic mass is 127. The van der Waals surface area contributed by atoms with Gasteiger partial charge in [-0.1, -0.05) is 18.2 Å². The second-order valence-electron chi connectivity index (χ2n) is 6.31. The summed E-state index contributed by atoms with van der Waals surface area (Å²) < 4.78 is 29.2. The molecule has 0 bridgehead atoms. The number of nitrogens with one attached hydrogen (secondary N) is 1. The average molecular weight is 538 g/mol. The van der Waals surface area contributed by atoms with Crippen LogP contribution in [0.5, 0.6) is 23.1 Å². The second kappa shape index (κ2) is 11.9. The van der Waals surface area contributed by atoms with E-state index in [4.69, 9.17) is 19.9 Å². The zero-order valence-corrected chi connectivity index (χ0v) is 19.5. The number of nitrogens with zero attached hydrogens (tertiary/aromatic N) is 2. The first-order valence-electron chi connectivity index (χ1n) is 9.20. The molecule has 2 aromatic carbocycles. The number of hydrogen-bond donors (Lipinski definition) is 2. The predicted molar refractivity (Wildman–Crippen MR) is 128 cm³/mol. The van der Waals surface area contributed by atoms with Gasteiger partial charge in [-0.25, -0.2) is 14.4 Å². The smallest absolute Gasteiger partial charge is 0.219 e. The van der Waals surface area contributed by atoms with E-state index in [2.05, 4.69) is 15.3 Å². The Morgan fingerprint density at radius 3 is 2.48 bits per heavy atom. The third-order valence-corrected chi connectivity index (χ3v) is 4.17. The monoisotopic (exact) mass is 538 g/mol. The number of rotatable bonds is 8. The maximum atomic E-state index is 13.2. The van der Waals surface area contributed by atoms with Crippen molar-refractivity contribution in [2.24, 2.45) is 10.7 Å². The van der Waals surface area contributed by atoms with Crippen molar-refractivity contribution in [3.63, 3.8) is 0 Å². The molecule has 0 spiro atoms. The van der Waals surface area contributed by atoms with Crippen molar-refractivity contribution in [1.29, 1.82) is 0 Å². The van der Waals surface area contributed by atoms with Crippen LogP contribution in [0.15, 0.2) is 65.8 Å². The fourth-order valence-electron chi connectivity index (χ4n) is 2.63. The first-order valence-corrected chi connectivity index (χ1v) is 9.20. The van der Waals surface area contributed by atoms with Gasteiger partial charge >= 0.3 is 0 Å². The van der Waals surface area contributed by atoms with Crippen molar-refractivity contribution in [3.8, 4) is 23.1 Å². The number of ether oxygens (including phenoxy) is 3. The number of methoxy groups -OCH3 is 2. The molecule has 3 rings (SSSR count). The summed E-state index contributed by atoms with van der Waals surface area (Å²) in [5.41, 5.74) is 7.78. The van der Waals surface area contributed by atoms with Gasteiger partial charge in [-0.2, -0.15) is 0 Å². The standard InChI is InChI=1S/C22H23FN4O3.HI/c1-28-19-8-6-15(10-20(19)29-2)12-26-22(24)27-14-16-7-9-21(25-13-16)30-18-5-3-4-17(23)11-18;/h3-11,13H,12,14H2,1-2H3,(H3,24,26,27);1H. The fraction of sp³-hybridized carbons (Fsp3) is 0.182. The molecule has 3 aromatic rings. The molecule has 0 radical (unpaired) electrons. The van der Waals surface area contributed by atoms with E-state index >= 15 is 0 Å². The number of hydrogen-bond acceptors (Lipinski definition) is 5. The molecule has 0 aliphatic heterocycles. The molecule has 0 amide bonds. The Bertz CT molecular complexity index is 1020. The Morgan fingerprint density at radius 1 is 1.03 bits per heavy atom. The maximum absolute atomic E-state index is 13.2. The Balaban J connectivity index is 0.00000341. The summed E-state index contributed by atoms with van der Waals surface area (Å²) in [5, 5.41) is 3.06. The Kier molecular flexibility index (Phi) is 9.32. The molecule has 7 nitrogen and oxygen atoms in total. The lowest BCUT2D eigenvalue weighted by Crippen LogP contribution is -2.31. The number of aliphatic imine (C=N–C) groups is 1. The number of pyridine rings is 1. The quantitative estimate of drug-likeness (QED) is 0.253. The second-order valence-corrected chi connectivity index (χ2v) is 6.31. The number of benzene rings is 2. The van der Waals surface area contributed by atoms with Crippen LogP contribution < -0.4 is 25.3 Å². The minimum Gasteiger partial charge on any atom is -0.493 e. The van der Waals surface area contributed by atoms with Gasteiger partial charge in [-0.3, -0.25) is 0 Å². The zero-order valence-electron chi connectivity index (χ0n) is 17.2. The minimum atomic E-state index is -0.366. The lowest BCUT2D eigenvalue weighted by Gasteiger charge is -2.10. The molecular weight excluding hydrogens is 514 g/mol. The van der Waals surface area contributed by atoms with E-state index in [9.17, 15) is 4.39 Å². The van der Waals surface area contributed by atoms with Gasteiger partial charge in [-0.05, 0) is 35.4 Å². The van der Waals surface area contributed by atoms with Crippen molar-refractivity contribution < 1.29 is 18.6 Å².